The number of urea groups is 1. The van der Waals surface area contributed by atoms with Gasteiger partial charge in [-0.15, -0.1) is 0 Å². The van der Waals surface area contributed by atoms with Gasteiger partial charge in [0.05, 0.1) is 11.0 Å². The number of aliphatic carboxylic acids is 1. The second-order valence-electron chi connectivity index (χ2n) is 5.30. The Bertz CT molecular complexity index is 516. The van der Waals surface area contributed by atoms with Gasteiger partial charge in [-0.05, 0) is 18.8 Å². The van der Waals surface area contributed by atoms with E-state index >= 15 is 0 Å². The first-order valence-electron chi connectivity index (χ1n) is 6.71. The van der Waals surface area contributed by atoms with Gasteiger partial charge in [-0.2, -0.15) is 0 Å². The molecule has 2 unspecified atom stereocenters. The fourth-order valence-corrected chi connectivity index (χ4v) is 3.97. The Labute approximate surface area is 123 Å². The van der Waals surface area contributed by atoms with Crippen molar-refractivity contribution in [2.45, 2.75) is 37.9 Å². The predicted molar refractivity (Wildman–Crippen MR) is 74.4 cm³/mol. The van der Waals surface area contributed by atoms with E-state index in [9.17, 15) is 22.8 Å². The van der Waals surface area contributed by atoms with Gasteiger partial charge in [0.2, 0.25) is 5.91 Å². The van der Waals surface area contributed by atoms with Gasteiger partial charge in [-0.25, -0.2) is 13.2 Å². The molecule has 0 aromatic heterocycles. The van der Waals surface area contributed by atoms with Crippen molar-refractivity contribution in [3.63, 3.8) is 0 Å². The van der Waals surface area contributed by atoms with Crippen molar-refractivity contribution in [1.29, 1.82) is 0 Å². The number of carboxylic acids is 1. The number of hydrogen-bond acceptors (Lipinski definition) is 5. The van der Waals surface area contributed by atoms with Crippen molar-refractivity contribution in [1.82, 2.24) is 10.6 Å². The summed E-state index contributed by atoms with van der Waals surface area (Å²) in [4.78, 5) is 33.4. The molecule has 0 radical (unpaired) electrons. The van der Waals surface area contributed by atoms with Gasteiger partial charge in [0, 0.05) is 19.4 Å². The molecule has 0 aromatic carbocycles. The van der Waals surface area contributed by atoms with Crippen LogP contribution < -0.4 is 10.6 Å². The zero-order valence-electron chi connectivity index (χ0n) is 11.8. The number of rotatable bonds is 6. The molecule has 1 rings (SSSR count). The number of nitrogens with one attached hydrogen (secondary N) is 2. The van der Waals surface area contributed by atoms with E-state index in [1.54, 1.807) is 6.92 Å². The van der Waals surface area contributed by atoms with Crippen LogP contribution in [0.15, 0.2) is 0 Å². The van der Waals surface area contributed by atoms with Crippen molar-refractivity contribution >= 4 is 27.7 Å². The predicted octanol–water partition coefficient (Wildman–Crippen LogP) is -0.110. The zero-order valence-corrected chi connectivity index (χ0v) is 12.6. The van der Waals surface area contributed by atoms with Crippen molar-refractivity contribution in [3.05, 3.63) is 0 Å². The molecule has 8 nitrogen and oxygen atoms in total. The Hall–Kier alpha value is -1.64. The number of amides is 3. The Morgan fingerprint density at radius 1 is 1.29 bits per heavy atom. The highest BCUT2D eigenvalue weighted by atomic mass is 32.2. The van der Waals surface area contributed by atoms with Gasteiger partial charge in [0.25, 0.3) is 0 Å². The number of carbonyl (C=O) groups is 3. The lowest BCUT2D eigenvalue weighted by Crippen LogP contribution is -2.43. The molecule has 2 atom stereocenters. The van der Waals surface area contributed by atoms with Crippen LogP contribution in [0.1, 0.15) is 32.6 Å². The third kappa shape index (κ3) is 6.11. The normalized spacial score (nSPS) is 21.5. The number of sulfone groups is 1. The summed E-state index contributed by atoms with van der Waals surface area (Å²) >= 11 is 0. The van der Waals surface area contributed by atoms with E-state index in [0.29, 0.717) is 12.8 Å². The van der Waals surface area contributed by atoms with Crippen LogP contribution in [0.5, 0.6) is 0 Å². The van der Waals surface area contributed by atoms with Crippen LogP contribution in [0, 0.1) is 5.92 Å². The lowest BCUT2D eigenvalue weighted by atomic mass is 10.0. The lowest BCUT2D eigenvalue weighted by molar-refractivity contribution is -0.138. The molecule has 0 saturated carbocycles. The van der Waals surface area contributed by atoms with Crippen molar-refractivity contribution in [3.8, 4) is 0 Å². The minimum Gasteiger partial charge on any atom is -0.481 e. The molecule has 3 N–H and O–H groups in total. The second kappa shape index (κ2) is 7.39. The second-order valence-corrected chi connectivity index (χ2v) is 7.70. The lowest BCUT2D eigenvalue weighted by Gasteiger charge is -2.12. The van der Waals surface area contributed by atoms with E-state index in [2.05, 4.69) is 10.6 Å². The van der Waals surface area contributed by atoms with Crippen LogP contribution in [0.25, 0.3) is 0 Å². The molecule has 1 saturated heterocycles. The molecule has 0 bridgehead atoms. The largest absolute Gasteiger partial charge is 0.481 e. The monoisotopic (exact) mass is 320 g/mol. The SMILES string of the molecule is CC(CC(=O)O)CC(=O)NC(=O)NCC1CCCS1(=O)=O. The summed E-state index contributed by atoms with van der Waals surface area (Å²) in [5.74, 6) is -1.85. The highest BCUT2D eigenvalue weighted by molar-refractivity contribution is 7.92. The van der Waals surface area contributed by atoms with Crippen molar-refractivity contribution in [2.75, 3.05) is 12.3 Å². The number of carboxylic acid groups (broad SMARTS) is 1. The van der Waals surface area contributed by atoms with Crippen LogP contribution in [-0.4, -0.2) is 49.0 Å². The summed E-state index contributed by atoms with van der Waals surface area (Å²) in [5.41, 5.74) is 0. The molecular weight excluding hydrogens is 300 g/mol. The molecule has 0 aromatic rings. The summed E-state index contributed by atoms with van der Waals surface area (Å²) in [6.07, 6.45) is 0.852. The minimum atomic E-state index is -3.14. The summed E-state index contributed by atoms with van der Waals surface area (Å²) in [7, 11) is -3.14. The van der Waals surface area contributed by atoms with E-state index in [0.717, 1.165) is 0 Å². The van der Waals surface area contributed by atoms with Crippen LogP contribution in [-0.2, 0) is 19.4 Å². The summed E-state index contributed by atoms with van der Waals surface area (Å²) < 4.78 is 23.1. The molecule has 1 aliphatic rings. The van der Waals surface area contributed by atoms with E-state index in [1.807, 2.05) is 0 Å². The Kier molecular flexibility index (Phi) is 6.13. The molecule has 0 spiro atoms. The quantitative estimate of drug-likeness (QED) is 0.626. The molecule has 120 valence electrons. The number of carbonyl (C=O) groups excluding carboxylic acids is 2. The summed E-state index contributed by atoms with van der Waals surface area (Å²) in [6, 6.07) is -0.760. The standard InChI is InChI=1S/C12H20N2O6S/c1-8(6-11(16)17)5-10(15)14-12(18)13-7-9-3-2-4-21(9,19)20/h8-9H,2-7H2,1H3,(H,16,17)(H2,13,14,15,18). The van der Waals surface area contributed by atoms with Gasteiger partial charge < -0.3 is 10.4 Å². The van der Waals surface area contributed by atoms with Crippen molar-refractivity contribution < 1.29 is 27.9 Å². The van der Waals surface area contributed by atoms with E-state index in [-0.39, 0.29) is 31.1 Å². The average molecular weight is 320 g/mol. The first-order chi connectivity index (χ1) is 9.70. The molecule has 21 heavy (non-hydrogen) atoms. The summed E-state index contributed by atoms with van der Waals surface area (Å²) in [5, 5.41) is 12.4. The van der Waals surface area contributed by atoms with E-state index in [4.69, 9.17) is 5.11 Å². The first-order valence-corrected chi connectivity index (χ1v) is 8.43. The van der Waals surface area contributed by atoms with E-state index < -0.39 is 33.0 Å². The first kappa shape index (κ1) is 17.4. The zero-order chi connectivity index (χ0) is 16.0. The maximum absolute atomic E-state index is 11.6. The number of hydrogen-bond donors (Lipinski definition) is 3. The van der Waals surface area contributed by atoms with Crippen LogP contribution in [0.4, 0.5) is 4.79 Å². The molecule has 3 amide bonds. The third-order valence-electron chi connectivity index (χ3n) is 3.26. The Morgan fingerprint density at radius 2 is 1.95 bits per heavy atom. The van der Waals surface area contributed by atoms with Gasteiger partial charge in [-0.3, -0.25) is 14.9 Å². The molecule has 1 fully saturated rings. The smallest absolute Gasteiger partial charge is 0.321 e. The molecule has 1 heterocycles. The Morgan fingerprint density at radius 3 is 2.48 bits per heavy atom. The van der Waals surface area contributed by atoms with E-state index in [1.165, 1.54) is 0 Å². The van der Waals surface area contributed by atoms with Crippen LogP contribution in [0.2, 0.25) is 0 Å². The number of imide groups is 1. The third-order valence-corrected chi connectivity index (χ3v) is 5.54. The topological polar surface area (TPSA) is 130 Å². The Balaban J connectivity index is 2.30. The highest BCUT2D eigenvalue weighted by Crippen LogP contribution is 2.18. The maximum Gasteiger partial charge on any atom is 0.321 e. The summed E-state index contributed by atoms with van der Waals surface area (Å²) in [6.45, 7) is 1.57. The van der Waals surface area contributed by atoms with Gasteiger partial charge in [0.1, 0.15) is 0 Å². The fraction of sp³-hybridized carbons (Fsp3) is 0.750. The average Bonchev–Trinajstić information content (AvgIpc) is 2.64. The van der Waals surface area contributed by atoms with Crippen LogP contribution >= 0.6 is 0 Å². The van der Waals surface area contributed by atoms with Crippen LogP contribution in [0.3, 0.4) is 0 Å². The van der Waals surface area contributed by atoms with Gasteiger partial charge in [0.15, 0.2) is 9.84 Å². The molecule has 9 heteroatoms. The van der Waals surface area contributed by atoms with Gasteiger partial charge in [-0.1, -0.05) is 6.92 Å². The van der Waals surface area contributed by atoms with Gasteiger partial charge >= 0.3 is 12.0 Å². The highest BCUT2D eigenvalue weighted by Gasteiger charge is 2.31. The fourth-order valence-electron chi connectivity index (χ4n) is 2.20. The maximum atomic E-state index is 11.6. The molecular formula is C12H20N2O6S. The molecule has 0 aliphatic carbocycles. The molecule has 1 aliphatic heterocycles. The minimum absolute atomic E-state index is 0.0217. The van der Waals surface area contributed by atoms with Crippen molar-refractivity contribution in [2.24, 2.45) is 5.92 Å².